The number of piperazine rings is 1. The highest BCUT2D eigenvalue weighted by Crippen LogP contribution is 2.28. The Balaban J connectivity index is 1.81. The van der Waals surface area contributed by atoms with Gasteiger partial charge in [-0.15, -0.1) is 0 Å². The predicted octanol–water partition coefficient (Wildman–Crippen LogP) is -0.815. The van der Waals surface area contributed by atoms with Gasteiger partial charge in [0, 0.05) is 51.1 Å². The average Bonchev–Trinajstić information content (AvgIpc) is 3.00. The van der Waals surface area contributed by atoms with Crippen LogP contribution >= 0.6 is 0 Å². The van der Waals surface area contributed by atoms with E-state index < -0.39 is 9.84 Å². The molecule has 0 unspecified atom stereocenters. The first-order chi connectivity index (χ1) is 11.3. The van der Waals surface area contributed by atoms with Gasteiger partial charge in [0.05, 0.1) is 23.7 Å². The SMILES string of the molecule is COCC(=O)N1CCN(Cc2cnn(C)c2C)[C@H]2CS(=O)(=O)C[C@H]21. The summed E-state index contributed by atoms with van der Waals surface area (Å²) < 4.78 is 31.1. The summed E-state index contributed by atoms with van der Waals surface area (Å²) in [6.45, 7) is 3.83. The maximum atomic E-state index is 12.2. The molecule has 8 nitrogen and oxygen atoms in total. The number of ether oxygens (including phenoxy) is 1. The van der Waals surface area contributed by atoms with Crippen LogP contribution in [0.5, 0.6) is 0 Å². The van der Waals surface area contributed by atoms with E-state index in [4.69, 9.17) is 4.74 Å². The molecule has 2 fully saturated rings. The van der Waals surface area contributed by atoms with Gasteiger partial charge in [-0.05, 0) is 6.92 Å². The van der Waals surface area contributed by atoms with Crippen LogP contribution in [0.3, 0.4) is 0 Å². The monoisotopic (exact) mass is 356 g/mol. The van der Waals surface area contributed by atoms with Crippen molar-refractivity contribution in [2.24, 2.45) is 7.05 Å². The number of sulfone groups is 1. The van der Waals surface area contributed by atoms with E-state index in [1.807, 2.05) is 24.9 Å². The van der Waals surface area contributed by atoms with Crippen LogP contribution in [0.2, 0.25) is 0 Å². The third kappa shape index (κ3) is 3.20. The van der Waals surface area contributed by atoms with Gasteiger partial charge in [0.1, 0.15) is 6.61 Å². The second kappa shape index (κ2) is 6.45. The molecule has 2 atom stereocenters. The Hall–Kier alpha value is -1.45. The van der Waals surface area contributed by atoms with Crippen molar-refractivity contribution in [1.29, 1.82) is 0 Å². The molecule has 0 spiro atoms. The normalized spacial score (nSPS) is 26.5. The second-order valence-corrected chi connectivity index (χ2v) is 8.73. The standard InChI is InChI=1S/C15H24N4O4S/c1-11-12(6-16-17(11)2)7-18-4-5-19(15(20)8-23-3)14-10-24(21,22)9-13(14)18/h6,13-14H,4-5,7-10H2,1-3H3/t13-,14+/m0/s1. The summed E-state index contributed by atoms with van der Waals surface area (Å²) in [7, 11) is 0.229. The number of fused-ring (bicyclic) bond motifs is 1. The summed E-state index contributed by atoms with van der Waals surface area (Å²) in [6.07, 6.45) is 1.83. The largest absolute Gasteiger partial charge is 0.375 e. The molecule has 1 amide bonds. The van der Waals surface area contributed by atoms with Crippen LogP contribution in [0.25, 0.3) is 0 Å². The van der Waals surface area contributed by atoms with Gasteiger partial charge in [0.25, 0.3) is 0 Å². The molecule has 24 heavy (non-hydrogen) atoms. The first-order valence-electron chi connectivity index (χ1n) is 8.03. The molecule has 0 aliphatic carbocycles. The van der Waals surface area contributed by atoms with Gasteiger partial charge >= 0.3 is 0 Å². The molecule has 1 aromatic heterocycles. The number of hydrogen-bond donors (Lipinski definition) is 0. The molecule has 3 rings (SSSR count). The third-order valence-electron chi connectivity index (χ3n) is 5.09. The first kappa shape index (κ1) is 17.4. The van der Waals surface area contributed by atoms with E-state index in [2.05, 4.69) is 10.00 Å². The third-order valence-corrected chi connectivity index (χ3v) is 6.79. The van der Waals surface area contributed by atoms with Crippen LogP contribution in [0.4, 0.5) is 0 Å². The summed E-state index contributed by atoms with van der Waals surface area (Å²) in [5.41, 5.74) is 2.17. The molecule has 2 aliphatic rings. The number of rotatable bonds is 4. The van der Waals surface area contributed by atoms with E-state index in [1.54, 1.807) is 4.90 Å². The molecular formula is C15H24N4O4S. The number of aryl methyl sites for hydroxylation is 1. The number of hydrogen-bond acceptors (Lipinski definition) is 6. The topological polar surface area (TPSA) is 84.7 Å². The Kier molecular flexibility index (Phi) is 4.67. The molecule has 9 heteroatoms. The number of methoxy groups -OCH3 is 1. The number of carbonyl (C=O) groups is 1. The van der Waals surface area contributed by atoms with Gasteiger partial charge < -0.3 is 9.64 Å². The van der Waals surface area contributed by atoms with Gasteiger partial charge in [-0.3, -0.25) is 14.4 Å². The Labute approximate surface area is 142 Å². The lowest BCUT2D eigenvalue weighted by molar-refractivity contribution is -0.141. The molecule has 0 N–H and O–H groups in total. The minimum atomic E-state index is -3.14. The molecule has 2 aliphatic heterocycles. The molecule has 0 radical (unpaired) electrons. The zero-order chi connectivity index (χ0) is 17.5. The fourth-order valence-electron chi connectivity index (χ4n) is 3.66. The number of nitrogens with zero attached hydrogens (tertiary/aromatic N) is 4. The van der Waals surface area contributed by atoms with Crippen molar-refractivity contribution in [3.63, 3.8) is 0 Å². The van der Waals surface area contributed by atoms with Gasteiger partial charge in [-0.25, -0.2) is 8.42 Å². The van der Waals surface area contributed by atoms with Crippen LogP contribution in [0, 0.1) is 6.92 Å². The predicted molar refractivity (Wildman–Crippen MR) is 88.2 cm³/mol. The fourth-order valence-corrected chi connectivity index (χ4v) is 5.67. The van der Waals surface area contributed by atoms with Crippen LogP contribution in [0.1, 0.15) is 11.3 Å². The van der Waals surface area contributed by atoms with Crippen LogP contribution in [0.15, 0.2) is 6.20 Å². The molecule has 3 heterocycles. The van der Waals surface area contributed by atoms with E-state index >= 15 is 0 Å². The minimum Gasteiger partial charge on any atom is -0.375 e. The van der Waals surface area contributed by atoms with Crippen molar-refractivity contribution in [2.45, 2.75) is 25.6 Å². The van der Waals surface area contributed by atoms with E-state index in [1.165, 1.54) is 7.11 Å². The molecule has 0 bridgehead atoms. The molecule has 0 saturated carbocycles. The Morgan fingerprint density at radius 3 is 2.67 bits per heavy atom. The fraction of sp³-hybridized carbons (Fsp3) is 0.733. The smallest absolute Gasteiger partial charge is 0.248 e. The summed E-state index contributed by atoms with van der Waals surface area (Å²) in [4.78, 5) is 16.1. The van der Waals surface area contributed by atoms with Crippen molar-refractivity contribution >= 4 is 15.7 Å². The Morgan fingerprint density at radius 2 is 2.04 bits per heavy atom. The van der Waals surface area contributed by atoms with Crippen LogP contribution < -0.4 is 0 Å². The maximum Gasteiger partial charge on any atom is 0.248 e. The summed E-state index contributed by atoms with van der Waals surface area (Å²) >= 11 is 0. The molecular weight excluding hydrogens is 332 g/mol. The molecule has 0 aromatic carbocycles. The highest BCUT2D eigenvalue weighted by molar-refractivity contribution is 7.91. The van der Waals surface area contributed by atoms with Gasteiger partial charge in [-0.2, -0.15) is 5.10 Å². The Bertz CT molecular complexity index is 730. The number of amides is 1. The first-order valence-corrected chi connectivity index (χ1v) is 9.85. The number of aromatic nitrogens is 2. The zero-order valence-corrected chi connectivity index (χ0v) is 15.1. The van der Waals surface area contributed by atoms with Gasteiger partial charge in [0.15, 0.2) is 9.84 Å². The van der Waals surface area contributed by atoms with Crippen molar-refractivity contribution < 1.29 is 17.9 Å². The zero-order valence-electron chi connectivity index (χ0n) is 14.3. The van der Waals surface area contributed by atoms with Crippen LogP contribution in [-0.4, -0.2) is 84.3 Å². The quantitative estimate of drug-likeness (QED) is 0.701. The van der Waals surface area contributed by atoms with Crippen molar-refractivity contribution in [3.8, 4) is 0 Å². The lowest BCUT2D eigenvalue weighted by Gasteiger charge is -2.43. The molecule has 134 valence electrons. The molecule has 1 aromatic rings. The van der Waals surface area contributed by atoms with Crippen molar-refractivity contribution in [2.75, 3.05) is 38.3 Å². The highest BCUT2D eigenvalue weighted by atomic mass is 32.2. The van der Waals surface area contributed by atoms with Crippen LogP contribution in [-0.2, 0) is 33.0 Å². The van der Waals surface area contributed by atoms with Gasteiger partial charge in [0.2, 0.25) is 5.91 Å². The lowest BCUT2D eigenvalue weighted by Crippen LogP contribution is -2.60. The second-order valence-electron chi connectivity index (χ2n) is 6.58. The van der Waals surface area contributed by atoms with Crippen molar-refractivity contribution in [1.82, 2.24) is 19.6 Å². The Morgan fingerprint density at radius 1 is 1.33 bits per heavy atom. The highest BCUT2D eigenvalue weighted by Gasteiger charge is 2.47. The number of carbonyl (C=O) groups excluding carboxylic acids is 1. The lowest BCUT2D eigenvalue weighted by atomic mass is 10.0. The minimum absolute atomic E-state index is 0.00895. The summed E-state index contributed by atoms with van der Waals surface area (Å²) in [5, 5.41) is 4.25. The van der Waals surface area contributed by atoms with E-state index in [9.17, 15) is 13.2 Å². The summed E-state index contributed by atoms with van der Waals surface area (Å²) in [5.74, 6) is 0.00503. The summed E-state index contributed by atoms with van der Waals surface area (Å²) in [6, 6.07) is -0.451. The van der Waals surface area contributed by atoms with E-state index in [-0.39, 0.29) is 36.1 Å². The average molecular weight is 356 g/mol. The molecule has 2 saturated heterocycles. The van der Waals surface area contributed by atoms with E-state index in [0.717, 1.165) is 11.3 Å². The van der Waals surface area contributed by atoms with E-state index in [0.29, 0.717) is 19.6 Å². The van der Waals surface area contributed by atoms with Crippen molar-refractivity contribution in [3.05, 3.63) is 17.5 Å². The maximum absolute atomic E-state index is 12.2. The van der Waals surface area contributed by atoms with Gasteiger partial charge in [-0.1, -0.05) is 0 Å².